The van der Waals surface area contributed by atoms with Gasteiger partial charge in [0.25, 0.3) is 0 Å². The summed E-state index contributed by atoms with van der Waals surface area (Å²) in [6.45, 7) is 1.81. The summed E-state index contributed by atoms with van der Waals surface area (Å²) in [6.07, 6.45) is 0.464. The average Bonchev–Trinajstić information content (AvgIpc) is 2.16. The molecule has 0 N–H and O–H groups in total. The first-order valence-electron chi connectivity index (χ1n) is 4.05. The third kappa shape index (κ3) is 2.22. The number of rotatable bonds is 3. The Balaban J connectivity index is 3.05. The van der Waals surface area contributed by atoms with Crippen LogP contribution in [-0.2, 0) is 0 Å². The molecular formula is C10H11ClO2. The highest BCUT2D eigenvalue weighted by atomic mass is 35.5. The Morgan fingerprint density at radius 1 is 1.54 bits per heavy atom. The molecule has 1 aromatic carbocycles. The predicted molar refractivity (Wildman–Crippen MR) is 52.6 cm³/mol. The molecule has 0 aliphatic heterocycles. The lowest BCUT2D eigenvalue weighted by Gasteiger charge is -2.03. The molecule has 70 valence electrons. The van der Waals surface area contributed by atoms with E-state index in [1.807, 2.05) is 6.92 Å². The topological polar surface area (TPSA) is 26.3 Å². The van der Waals surface area contributed by atoms with E-state index in [1.165, 1.54) is 0 Å². The van der Waals surface area contributed by atoms with Gasteiger partial charge in [0.05, 0.1) is 12.1 Å². The molecule has 0 saturated carbocycles. The SMILES string of the molecule is CCC(=O)c1ccc(OC)cc1Cl. The Morgan fingerprint density at radius 3 is 2.69 bits per heavy atom. The van der Waals surface area contributed by atoms with E-state index in [2.05, 4.69) is 0 Å². The fraction of sp³-hybridized carbons (Fsp3) is 0.300. The molecular weight excluding hydrogens is 188 g/mol. The Morgan fingerprint density at radius 2 is 2.23 bits per heavy atom. The van der Waals surface area contributed by atoms with Crippen molar-refractivity contribution in [3.8, 4) is 5.75 Å². The molecule has 0 radical (unpaired) electrons. The zero-order valence-corrected chi connectivity index (χ0v) is 8.39. The van der Waals surface area contributed by atoms with Gasteiger partial charge in [-0.25, -0.2) is 0 Å². The minimum absolute atomic E-state index is 0.0488. The first-order chi connectivity index (χ1) is 6.19. The molecule has 3 heteroatoms. The quantitative estimate of drug-likeness (QED) is 0.698. The summed E-state index contributed by atoms with van der Waals surface area (Å²) in [4.78, 5) is 11.3. The number of carbonyl (C=O) groups excluding carboxylic acids is 1. The summed E-state index contributed by atoms with van der Waals surface area (Å²) >= 11 is 5.88. The molecule has 0 aliphatic carbocycles. The van der Waals surface area contributed by atoms with Crippen LogP contribution in [0.3, 0.4) is 0 Å². The summed E-state index contributed by atoms with van der Waals surface area (Å²) in [6, 6.07) is 5.06. The van der Waals surface area contributed by atoms with Crippen LogP contribution < -0.4 is 4.74 Å². The van der Waals surface area contributed by atoms with Crippen LogP contribution >= 0.6 is 11.6 Å². The molecule has 13 heavy (non-hydrogen) atoms. The van der Waals surface area contributed by atoms with E-state index < -0.39 is 0 Å². The summed E-state index contributed by atoms with van der Waals surface area (Å²) < 4.78 is 4.97. The van der Waals surface area contributed by atoms with Crippen LogP contribution in [0.1, 0.15) is 23.7 Å². The molecule has 1 rings (SSSR count). The van der Waals surface area contributed by atoms with E-state index in [9.17, 15) is 4.79 Å². The molecule has 0 heterocycles. The lowest BCUT2D eigenvalue weighted by molar-refractivity contribution is 0.0988. The van der Waals surface area contributed by atoms with Gasteiger partial charge in [-0.1, -0.05) is 18.5 Å². The maximum absolute atomic E-state index is 11.3. The van der Waals surface area contributed by atoms with Crippen LogP contribution in [-0.4, -0.2) is 12.9 Å². The van der Waals surface area contributed by atoms with Crippen molar-refractivity contribution in [3.63, 3.8) is 0 Å². The highest BCUT2D eigenvalue weighted by Gasteiger charge is 2.08. The van der Waals surface area contributed by atoms with Gasteiger partial charge in [-0.15, -0.1) is 0 Å². The molecule has 2 nitrogen and oxygen atoms in total. The number of ketones is 1. The van der Waals surface area contributed by atoms with E-state index in [-0.39, 0.29) is 5.78 Å². The second-order valence-electron chi connectivity index (χ2n) is 2.62. The number of methoxy groups -OCH3 is 1. The number of Topliss-reactive ketones (excluding diaryl/α,β-unsaturated/α-hetero) is 1. The molecule has 0 aliphatic rings. The monoisotopic (exact) mass is 198 g/mol. The highest BCUT2D eigenvalue weighted by molar-refractivity contribution is 6.34. The van der Waals surface area contributed by atoms with Crippen molar-refractivity contribution in [1.29, 1.82) is 0 Å². The van der Waals surface area contributed by atoms with Crippen molar-refractivity contribution in [1.82, 2.24) is 0 Å². The van der Waals surface area contributed by atoms with Gasteiger partial charge >= 0.3 is 0 Å². The van der Waals surface area contributed by atoms with Gasteiger partial charge in [0, 0.05) is 12.0 Å². The zero-order valence-electron chi connectivity index (χ0n) is 7.63. The van der Waals surface area contributed by atoms with Gasteiger partial charge < -0.3 is 4.74 Å². The van der Waals surface area contributed by atoms with E-state index in [4.69, 9.17) is 16.3 Å². The number of halogens is 1. The third-order valence-electron chi connectivity index (χ3n) is 1.80. The van der Waals surface area contributed by atoms with Crippen molar-refractivity contribution < 1.29 is 9.53 Å². The normalized spacial score (nSPS) is 9.77. The van der Waals surface area contributed by atoms with Gasteiger partial charge in [-0.3, -0.25) is 4.79 Å². The van der Waals surface area contributed by atoms with Crippen LogP contribution in [0, 0.1) is 0 Å². The summed E-state index contributed by atoms with van der Waals surface area (Å²) in [5.74, 6) is 0.713. The van der Waals surface area contributed by atoms with Crippen molar-refractivity contribution >= 4 is 17.4 Å². The maximum Gasteiger partial charge on any atom is 0.164 e. The number of ether oxygens (including phenoxy) is 1. The van der Waals surface area contributed by atoms with Crippen LogP contribution in [0.2, 0.25) is 5.02 Å². The van der Waals surface area contributed by atoms with Crippen molar-refractivity contribution in [2.75, 3.05) is 7.11 Å². The van der Waals surface area contributed by atoms with Gasteiger partial charge in [0.1, 0.15) is 5.75 Å². The fourth-order valence-electron chi connectivity index (χ4n) is 1.04. The number of hydrogen-bond donors (Lipinski definition) is 0. The summed E-state index contributed by atoms with van der Waals surface area (Å²) in [5.41, 5.74) is 0.560. The van der Waals surface area contributed by atoms with Crippen LogP contribution in [0.5, 0.6) is 5.75 Å². The second kappa shape index (κ2) is 4.28. The number of hydrogen-bond acceptors (Lipinski definition) is 2. The smallest absolute Gasteiger partial charge is 0.164 e. The largest absolute Gasteiger partial charge is 0.497 e. The van der Waals surface area contributed by atoms with Crippen molar-refractivity contribution in [2.24, 2.45) is 0 Å². The number of carbonyl (C=O) groups is 1. The minimum atomic E-state index is 0.0488. The van der Waals surface area contributed by atoms with E-state index >= 15 is 0 Å². The number of benzene rings is 1. The van der Waals surface area contributed by atoms with Crippen LogP contribution in [0.15, 0.2) is 18.2 Å². The first kappa shape index (κ1) is 10.1. The Bertz CT molecular complexity index is 321. The molecule has 0 bridgehead atoms. The first-order valence-corrected chi connectivity index (χ1v) is 4.43. The zero-order chi connectivity index (χ0) is 9.84. The van der Waals surface area contributed by atoms with Crippen molar-refractivity contribution in [3.05, 3.63) is 28.8 Å². The van der Waals surface area contributed by atoms with Crippen LogP contribution in [0.4, 0.5) is 0 Å². The molecule has 1 aromatic rings. The molecule has 0 unspecified atom stereocenters. The summed E-state index contributed by atoms with van der Waals surface area (Å²) in [5, 5.41) is 0.450. The predicted octanol–water partition coefficient (Wildman–Crippen LogP) is 2.94. The standard InChI is InChI=1S/C10H11ClO2/c1-3-10(12)8-5-4-7(13-2)6-9(8)11/h4-6H,3H2,1-2H3. The third-order valence-corrected chi connectivity index (χ3v) is 2.11. The Hall–Kier alpha value is -1.02. The highest BCUT2D eigenvalue weighted by Crippen LogP contribution is 2.23. The molecule has 0 amide bonds. The summed E-state index contributed by atoms with van der Waals surface area (Å²) in [7, 11) is 1.56. The van der Waals surface area contributed by atoms with Gasteiger partial charge in [-0.2, -0.15) is 0 Å². The molecule has 0 spiro atoms. The molecule has 0 atom stereocenters. The van der Waals surface area contributed by atoms with Gasteiger partial charge in [0.15, 0.2) is 5.78 Å². The maximum atomic E-state index is 11.3. The molecule has 0 fully saturated rings. The fourth-order valence-corrected chi connectivity index (χ4v) is 1.32. The minimum Gasteiger partial charge on any atom is -0.497 e. The Kier molecular flexibility index (Phi) is 3.32. The van der Waals surface area contributed by atoms with Gasteiger partial charge in [0.2, 0.25) is 0 Å². The van der Waals surface area contributed by atoms with Crippen molar-refractivity contribution in [2.45, 2.75) is 13.3 Å². The lowest BCUT2D eigenvalue weighted by atomic mass is 10.1. The lowest BCUT2D eigenvalue weighted by Crippen LogP contribution is -1.97. The van der Waals surface area contributed by atoms with E-state index in [0.717, 1.165) is 0 Å². The Labute approximate surface area is 82.5 Å². The average molecular weight is 199 g/mol. The molecule has 0 saturated heterocycles. The molecule has 0 aromatic heterocycles. The second-order valence-corrected chi connectivity index (χ2v) is 3.03. The van der Waals surface area contributed by atoms with Gasteiger partial charge in [-0.05, 0) is 18.2 Å². The van der Waals surface area contributed by atoms with Crippen LogP contribution in [0.25, 0.3) is 0 Å². The van der Waals surface area contributed by atoms with E-state index in [1.54, 1.807) is 25.3 Å². The van der Waals surface area contributed by atoms with E-state index in [0.29, 0.717) is 22.8 Å².